The first-order valence-electron chi connectivity index (χ1n) is 6.67. The van der Waals surface area contributed by atoms with Gasteiger partial charge in [0, 0.05) is 6.54 Å². The molecular formula is C14H13Cl2N3O3. The molecule has 0 saturated carbocycles. The molecule has 0 spiro atoms. The van der Waals surface area contributed by atoms with Gasteiger partial charge in [-0.3, -0.25) is 4.79 Å². The van der Waals surface area contributed by atoms with Gasteiger partial charge in [-0.2, -0.15) is 0 Å². The predicted molar refractivity (Wildman–Crippen MR) is 81.6 cm³/mol. The molecule has 0 aromatic heterocycles. The molecule has 2 aliphatic rings. The summed E-state index contributed by atoms with van der Waals surface area (Å²) in [5.74, 6) is -0.215. The van der Waals surface area contributed by atoms with Crippen LogP contribution >= 0.6 is 23.2 Å². The van der Waals surface area contributed by atoms with Gasteiger partial charge in [0.2, 0.25) is 0 Å². The lowest BCUT2D eigenvalue weighted by atomic mass is 9.96. The summed E-state index contributed by atoms with van der Waals surface area (Å²) in [6, 6.07) is 4.01. The zero-order valence-electron chi connectivity index (χ0n) is 11.4. The van der Waals surface area contributed by atoms with E-state index in [2.05, 4.69) is 10.6 Å². The van der Waals surface area contributed by atoms with Crippen molar-refractivity contribution < 1.29 is 14.7 Å². The molecule has 3 N–H and O–H groups in total. The van der Waals surface area contributed by atoms with Crippen molar-refractivity contribution in [2.24, 2.45) is 0 Å². The zero-order valence-corrected chi connectivity index (χ0v) is 12.9. The van der Waals surface area contributed by atoms with Crippen LogP contribution in [0.25, 0.3) is 0 Å². The molecule has 116 valence electrons. The number of benzene rings is 1. The second-order valence-corrected chi connectivity index (χ2v) is 5.86. The van der Waals surface area contributed by atoms with Crippen molar-refractivity contribution in [3.63, 3.8) is 0 Å². The van der Waals surface area contributed by atoms with E-state index in [9.17, 15) is 9.59 Å². The number of halogens is 2. The van der Waals surface area contributed by atoms with Gasteiger partial charge in [-0.15, -0.1) is 0 Å². The molecule has 22 heavy (non-hydrogen) atoms. The van der Waals surface area contributed by atoms with Gasteiger partial charge in [0.1, 0.15) is 0 Å². The van der Waals surface area contributed by atoms with Crippen molar-refractivity contribution >= 4 is 35.1 Å². The number of rotatable bonds is 3. The number of β-amino-alcohol motifs (C(OH)–C–C–N with tert-alkyl or cyclic N) is 1. The summed E-state index contributed by atoms with van der Waals surface area (Å²) in [5.41, 5.74) is 1.70. The minimum absolute atomic E-state index is 0.134. The van der Waals surface area contributed by atoms with E-state index < -0.39 is 6.04 Å². The summed E-state index contributed by atoms with van der Waals surface area (Å²) in [6.07, 6.45) is 0. The predicted octanol–water partition coefficient (Wildman–Crippen LogP) is 1.44. The smallest absolute Gasteiger partial charge is 0.319 e. The fraction of sp³-hybridized carbons (Fsp3) is 0.286. The largest absolute Gasteiger partial charge is 0.395 e. The number of hydrogen-bond donors (Lipinski definition) is 3. The first kappa shape index (κ1) is 15.1. The van der Waals surface area contributed by atoms with Crippen LogP contribution in [0.15, 0.2) is 29.5 Å². The van der Waals surface area contributed by atoms with Gasteiger partial charge in [0.05, 0.1) is 40.5 Å². The van der Waals surface area contributed by atoms with E-state index in [0.29, 0.717) is 26.9 Å². The lowest BCUT2D eigenvalue weighted by molar-refractivity contribution is -0.126. The van der Waals surface area contributed by atoms with Gasteiger partial charge in [-0.1, -0.05) is 29.3 Å². The SMILES string of the molecule is O=C1NC2=C(C(=O)N(CCO)C2)[C@H](c2ccc(Cl)c(Cl)c2)N1. The molecule has 0 fully saturated rings. The van der Waals surface area contributed by atoms with Crippen molar-refractivity contribution in [1.29, 1.82) is 0 Å². The van der Waals surface area contributed by atoms with Crippen LogP contribution in [0.1, 0.15) is 11.6 Å². The molecular weight excluding hydrogens is 329 g/mol. The van der Waals surface area contributed by atoms with Crippen molar-refractivity contribution in [3.05, 3.63) is 45.1 Å². The Kier molecular flexibility index (Phi) is 3.99. The van der Waals surface area contributed by atoms with E-state index in [1.165, 1.54) is 4.90 Å². The number of aliphatic hydroxyl groups excluding tert-OH is 1. The quantitative estimate of drug-likeness (QED) is 0.777. The number of hydrogen-bond acceptors (Lipinski definition) is 3. The standard InChI is InChI=1S/C14H13Cl2N3O3/c15-8-2-1-7(5-9(8)16)12-11-10(17-14(22)18-12)6-19(3-4-20)13(11)21/h1-2,5,12,20H,3-4,6H2,(H2,17,18,22)/t12-/m0/s1. The Labute approximate surface area is 136 Å². The van der Waals surface area contributed by atoms with E-state index in [1.807, 2.05) is 0 Å². The first-order chi connectivity index (χ1) is 10.5. The second-order valence-electron chi connectivity index (χ2n) is 5.05. The fourth-order valence-electron chi connectivity index (χ4n) is 2.67. The third-order valence-corrected chi connectivity index (χ3v) is 4.41. The lowest BCUT2D eigenvalue weighted by Gasteiger charge is -2.25. The number of aliphatic hydroxyl groups is 1. The minimum atomic E-state index is -0.588. The highest BCUT2D eigenvalue weighted by molar-refractivity contribution is 6.42. The highest BCUT2D eigenvalue weighted by Crippen LogP contribution is 2.34. The molecule has 1 atom stereocenters. The summed E-state index contributed by atoms with van der Waals surface area (Å²) in [6.45, 7) is 0.362. The summed E-state index contributed by atoms with van der Waals surface area (Å²) in [7, 11) is 0. The van der Waals surface area contributed by atoms with E-state index >= 15 is 0 Å². The van der Waals surface area contributed by atoms with Gasteiger partial charge < -0.3 is 20.6 Å². The second kappa shape index (κ2) is 5.79. The molecule has 0 radical (unpaired) electrons. The zero-order chi connectivity index (χ0) is 15.9. The highest BCUT2D eigenvalue weighted by atomic mass is 35.5. The maximum Gasteiger partial charge on any atom is 0.319 e. The third-order valence-electron chi connectivity index (χ3n) is 3.67. The van der Waals surface area contributed by atoms with Crippen molar-refractivity contribution in [1.82, 2.24) is 15.5 Å². The monoisotopic (exact) mass is 341 g/mol. The van der Waals surface area contributed by atoms with Gasteiger partial charge in [-0.25, -0.2) is 4.79 Å². The Bertz CT molecular complexity index is 690. The first-order valence-corrected chi connectivity index (χ1v) is 7.42. The van der Waals surface area contributed by atoms with E-state index in [-0.39, 0.29) is 31.6 Å². The van der Waals surface area contributed by atoms with Gasteiger partial charge >= 0.3 is 6.03 Å². The van der Waals surface area contributed by atoms with Gasteiger partial charge in [0.15, 0.2) is 0 Å². The van der Waals surface area contributed by atoms with E-state index in [1.54, 1.807) is 18.2 Å². The minimum Gasteiger partial charge on any atom is -0.395 e. The van der Waals surface area contributed by atoms with Gasteiger partial charge in [-0.05, 0) is 17.7 Å². The Balaban J connectivity index is 1.99. The van der Waals surface area contributed by atoms with Crippen molar-refractivity contribution in [2.75, 3.05) is 19.7 Å². The molecule has 3 rings (SSSR count). The maximum atomic E-state index is 12.5. The number of amides is 3. The topological polar surface area (TPSA) is 81.7 Å². The normalized spacial score (nSPS) is 20.9. The Hall–Kier alpha value is -1.76. The Morgan fingerprint density at radius 2 is 2.05 bits per heavy atom. The summed E-state index contributed by atoms with van der Waals surface area (Å²) in [4.78, 5) is 25.8. The molecule has 0 bridgehead atoms. The molecule has 0 saturated heterocycles. The fourth-order valence-corrected chi connectivity index (χ4v) is 2.98. The molecule has 0 unspecified atom stereocenters. The molecule has 8 heteroatoms. The highest BCUT2D eigenvalue weighted by Gasteiger charge is 2.40. The van der Waals surface area contributed by atoms with Gasteiger partial charge in [0.25, 0.3) is 5.91 Å². The molecule has 6 nitrogen and oxygen atoms in total. The Morgan fingerprint density at radius 1 is 1.27 bits per heavy atom. The maximum absolute atomic E-state index is 12.5. The van der Waals surface area contributed by atoms with E-state index in [0.717, 1.165) is 0 Å². The number of nitrogens with one attached hydrogen (secondary N) is 2. The third kappa shape index (κ3) is 2.54. The van der Waals surface area contributed by atoms with Crippen molar-refractivity contribution in [2.45, 2.75) is 6.04 Å². The number of carbonyl (C=O) groups excluding carboxylic acids is 2. The molecule has 0 aliphatic carbocycles. The van der Waals surface area contributed by atoms with Crippen LogP contribution in [0.2, 0.25) is 10.0 Å². The molecule has 1 aromatic rings. The molecule has 1 aromatic carbocycles. The average Bonchev–Trinajstić information content (AvgIpc) is 2.78. The van der Waals surface area contributed by atoms with Crippen LogP contribution in [0.5, 0.6) is 0 Å². The van der Waals surface area contributed by atoms with Crippen LogP contribution in [0.3, 0.4) is 0 Å². The average molecular weight is 342 g/mol. The molecule has 3 amide bonds. The van der Waals surface area contributed by atoms with Crippen LogP contribution in [0, 0.1) is 0 Å². The molecule has 2 aliphatic heterocycles. The van der Waals surface area contributed by atoms with Crippen LogP contribution < -0.4 is 10.6 Å². The van der Waals surface area contributed by atoms with Crippen molar-refractivity contribution in [3.8, 4) is 0 Å². The summed E-state index contributed by atoms with van der Waals surface area (Å²) < 4.78 is 0. The lowest BCUT2D eigenvalue weighted by Crippen LogP contribution is -2.44. The van der Waals surface area contributed by atoms with E-state index in [4.69, 9.17) is 28.3 Å². The number of nitrogens with zero attached hydrogens (tertiary/aromatic N) is 1. The summed E-state index contributed by atoms with van der Waals surface area (Å²) in [5, 5.41) is 15.2. The number of urea groups is 1. The van der Waals surface area contributed by atoms with Crippen LogP contribution in [0.4, 0.5) is 4.79 Å². The van der Waals surface area contributed by atoms with Crippen LogP contribution in [-0.2, 0) is 4.79 Å². The number of carbonyl (C=O) groups is 2. The Morgan fingerprint density at radius 3 is 2.73 bits per heavy atom. The summed E-state index contributed by atoms with van der Waals surface area (Å²) >= 11 is 11.9. The molecule has 2 heterocycles. The van der Waals surface area contributed by atoms with Crippen LogP contribution in [-0.4, -0.2) is 41.6 Å².